The van der Waals surface area contributed by atoms with Gasteiger partial charge in [0.2, 0.25) is 0 Å². The Bertz CT molecular complexity index is 1030. The first-order valence-electron chi connectivity index (χ1n) is 11.0. The zero-order valence-electron chi connectivity index (χ0n) is 18.3. The van der Waals surface area contributed by atoms with Gasteiger partial charge in [0, 0.05) is 40.1 Å². The van der Waals surface area contributed by atoms with E-state index in [1.165, 1.54) is 54.0 Å². The van der Waals surface area contributed by atoms with Crippen LogP contribution in [0.4, 0.5) is 0 Å². The molecule has 0 bridgehead atoms. The van der Waals surface area contributed by atoms with Crippen molar-refractivity contribution in [3.63, 3.8) is 0 Å². The fourth-order valence-electron chi connectivity index (χ4n) is 4.50. The van der Waals surface area contributed by atoms with Crippen LogP contribution >= 0.6 is 0 Å². The van der Waals surface area contributed by atoms with E-state index in [1.54, 1.807) is 14.2 Å². The van der Waals surface area contributed by atoms with Gasteiger partial charge < -0.3 is 19.4 Å². The molecule has 0 fully saturated rings. The summed E-state index contributed by atoms with van der Waals surface area (Å²) in [6.45, 7) is 2.27. The molecule has 2 aromatic heterocycles. The van der Waals surface area contributed by atoms with E-state index >= 15 is 0 Å². The van der Waals surface area contributed by atoms with Crippen LogP contribution in [-0.2, 0) is 0 Å². The molecular formula is C26H32N2O2. The first kappa shape index (κ1) is 20.4. The Morgan fingerprint density at radius 1 is 0.733 bits per heavy atom. The Kier molecular flexibility index (Phi) is 6.32. The first-order valence-corrected chi connectivity index (χ1v) is 11.0. The van der Waals surface area contributed by atoms with Gasteiger partial charge in [-0.15, -0.1) is 0 Å². The number of hydrogen-bond donors (Lipinski definition) is 2. The van der Waals surface area contributed by atoms with Gasteiger partial charge in [0.15, 0.2) is 0 Å². The Morgan fingerprint density at radius 3 is 1.77 bits per heavy atom. The van der Waals surface area contributed by atoms with Gasteiger partial charge in [0.25, 0.3) is 0 Å². The maximum atomic E-state index is 5.51. The highest BCUT2D eigenvalue weighted by molar-refractivity contribution is 5.89. The van der Waals surface area contributed by atoms with E-state index in [9.17, 15) is 0 Å². The van der Waals surface area contributed by atoms with Crippen LogP contribution in [0.2, 0.25) is 0 Å². The Hall–Kier alpha value is -2.88. The normalized spacial score (nSPS) is 11.6. The minimum Gasteiger partial charge on any atom is -0.497 e. The van der Waals surface area contributed by atoms with Crippen molar-refractivity contribution in [1.82, 2.24) is 9.97 Å². The van der Waals surface area contributed by atoms with Gasteiger partial charge in [-0.05, 0) is 53.9 Å². The van der Waals surface area contributed by atoms with E-state index in [2.05, 4.69) is 53.6 Å². The van der Waals surface area contributed by atoms with Gasteiger partial charge in [-0.25, -0.2) is 0 Å². The topological polar surface area (TPSA) is 50.0 Å². The molecule has 0 atom stereocenters. The van der Waals surface area contributed by atoms with Crippen molar-refractivity contribution in [3.05, 3.63) is 59.9 Å². The maximum absolute atomic E-state index is 5.51. The van der Waals surface area contributed by atoms with E-state index in [-0.39, 0.29) is 0 Å². The molecule has 0 saturated carbocycles. The Balaban J connectivity index is 1.75. The Morgan fingerprint density at radius 2 is 1.27 bits per heavy atom. The molecule has 0 saturated heterocycles. The van der Waals surface area contributed by atoms with E-state index in [0.29, 0.717) is 5.92 Å². The van der Waals surface area contributed by atoms with Crippen molar-refractivity contribution >= 4 is 21.8 Å². The molecular weight excluding hydrogens is 372 g/mol. The summed E-state index contributed by atoms with van der Waals surface area (Å²) in [6, 6.07) is 12.5. The molecule has 0 radical (unpaired) electrons. The van der Waals surface area contributed by atoms with Gasteiger partial charge in [0.1, 0.15) is 11.5 Å². The predicted octanol–water partition coefficient (Wildman–Crippen LogP) is 7.16. The van der Waals surface area contributed by atoms with Crippen LogP contribution in [0.25, 0.3) is 21.8 Å². The van der Waals surface area contributed by atoms with Gasteiger partial charge in [-0.2, -0.15) is 0 Å². The molecule has 0 aliphatic carbocycles. The summed E-state index contributed by atoms with van der Waals surface area (Å²) in [7, 11) is 3.45. The number of ether oxygens (including phenoxy) is 2. The fraction of sp³-hybridized carbons (Fsp3) is 0.385. The van der Waals surface area contributed by atoms with Crippen molar-refractivity contribution < 1.29 is 9.47 Å². The van der Waals surface area contributed by atoms with Crippen LogP contribution in [-0.4, -0.2) is 24.2 Å². The first-order chi connectivity index (χ1) is 14.7. The third-order valence-corrected chi connectivity index (χ3v) is 6.19. The number of nitrogens with one attached hydrogen (secondary N) is 2. The molecule has 0 spiro atoms. The number of aromatic amines is 2. The second-order valence-electron chi connectivity index (χ2n) is 8.07. The lowest BCUT2D eigenvalue weighted by molar-refractivity contribution is 0.415. The summed E-state index contributed by atoms with van der Waals surface area (Å²) in [4.78, 5) is 6.95. The average Bonchev–Trinajstić information content (AvgIpc) is 3.39. The zero-order valence-corrected chi connectivity index (χ0v) is 18.3. The van der Waals surface area contributed by atoms with Gasteiger partial charge >= 0.3 is 0 Å². The Labute approximate surface area is 178 Å². The van der Waals surface area contributed by atoms with E-state index in [0.717, 1.165) is 29.0 Å². The number of benzene rings is 2. The standard InChI is InChI=1S/C26H32N2O2/c1-4-5-6-7-8-9-20(23-16-27-25-12-10-18(29-2)14-21(23)25)24-17-28-26-13-11-19(30-3)15-22(24)26/h10-17,20,27-28H,4-9H2,1-3H3. The summed E-state index contributed by atoms with van der Waals surface area (Å²) in [5, 5.41) is 2.48. The lowest BCUT2D eigenvalue weighted by atomic mass is 9.86. The lowest BCUT2D eigenvalue weighted by Gasteiger charge is -2.17. The highest BCUT2D eigenvalue weighted by Crippen LogP contribution is 2.39. The van der Waals surface area contributed by atoms with Crippen molar-refractivity contribution in [3.8, 4) is 11.5 Å². The molecule has 30 heavy (non-hydrogen) atoms. The van der Waals surface area contributed by atoms with Gasteiger partial charge in [0.05, 0.1) is 14.2 Å². The van der Waals surface area contributed by atoms with Crippen molar-refractivity contribution in [2.45, 2.75) is 51.4 Å². The maximum Gasteiger partial charge on any atom is 0.119 e. The quantitative estimate of drug-likeness (QED) is 0.276. The van der Waals surface area contributed by atoms with Crippen molar-refractivity contribution in [2.24, 2.45) is 0 Å². The molecule has 0 unspecified atom stereocenters. The third kappa shape index (κ3) is 4.04. The summed E-state index contributed by atoms with van der Waals surface area (Å²) >= 11 is 0. The second kappa shape index (κ2) is 9.29. The van der Waals surface area contributed by atoms with Crippen LogP contribution in [0.15, 0.2) is 48.8 Å². The van der Waals surface area contributed by atoms with Crippen molar-refractivity contribution in [2.75, 3.05) is 14.2 Å². The predicted molar refractivity (Wildman–Crippen MR) is 125 cm³/mol. The third-order valence-electron chi connectivity index (χ3n) is 6.19. The lowest BCUT2D eigenvalue weighted by Crippen LogP contribution is -2.01. The molecule has 4 heteroatoms. The van der Waals surface area contributed by atoms with E-state index in [4.69, 9.17) is 9.47 Å². The number of methoxy groups -OCH3 is 2. The van der Waals surface area contributed by atoms with Gasteiger partial charge in [-0.1, -0.05) is 39.0 Å². The second-order valence-corrected chi connectivity index (χ2v) is 8.07. The van der Waals surface area contributed by atoms with E-state index < -0.39 is 0 Å². The zero-order chi connectivity index (χ0) is 20.9. The van der Waals surface area contributed by atoms with Crippen LogP contribution in [0, 0.1) is 0 Å². The fourth-order valence-corrected chi connectivity index (χ4v) is 4.50. The molecule has 2 N–H and O–H groups in total. The summed E-state index contributed by atoms with van der Waals surface area (Å²) < 4.78 is 11.0. The highest BCUT2D eigenvalue weighted by Gasteiger charge is 2.21. The number of aromatic nitrogens is 2. The van der Waals surface area contributed by atoms with Crippen molar-refractivity contribution in [1.29, 1.82) is 0 Å². The average molecular weight is 405 g/mol. The van der Waals surface area contributed by atoms with Gasteiger partial charge in [-0.3, -0.25) is 0 Å². The summed E-state index contributed by atoms with van der Waals surface area (Å²) in [5.41, 5.74) is 4.98. The molecule has 4 aromatic rings. The van der Waals surface area contributed by atoms with E-state index in [1.807, 2.05) is 12.1 Å². The number of unbranched alkanes of at least 4 members (excludes halogenated alkanes) is 4. The van der Waals surface area contributed by atoms with Crippen LogP contribution in [0.3, 0.4) is 0 Å². The summed E-state index contributed by atoms with van der Waals surface area (Å²) in [6.07, 6.45) is 11.9. The molecule has 2 aromatic carbocycles. The summed E-state index contributed by atoms with van der Waals surface area (Å²) in [5.74, 6) is 2.10. The number of H-pyrrole nitrogens is 2. The molecule has 2 heterocycles. The SMILES string of the molecule is CCCCCCCC(c1c[nH]c2ccc(OC)cc12)c1c[nH]c2ccc(OC)cc12. The number of hydrogen-bond acceptors (Lipinski definition) is 2. The number of fused-ring (bicyclic) bond motifs is 2. The molecule has 4 nitrogen and oxygen atoms in total. The minimum absolute atomic E-state index is 0.313. The largest absolute Gasteiger partial charge is 0.497 e. The van der Waals surface area contributed by atoms with Crippen LogP contribution in [0.1, 0.15) is 62.5 Å². The minimum atomic E-state index is 0.313. The number of rotatable bonds is 10. The molecule has 0 aliphatic rings. The molecule has 158 valence electrons. The highest BCUT2D eigenvalue weighted by atomic mass is 16.5. The van der Waals surface area contributed by atoms with Crippen LogP contribution in [0.5, 0.6) is 11.5 Å². The monoisotopic (exact) mass is 404 g/mol. The molecule has 0 aliphatic heterocycles. The smallest absolute Gasteiger partial charge is 0.119 e. The molecule has 4 rings (SSSR count). The molecule has 0 amide bonds. The van der Waals surface area contributed by atoms with Crippen LogP contribution < -0.4 is 9.47 Å².